The van der Waals surface area contributed by atoms with Gasteiger partial charge in [-0.3, -0.25) is 0 Å². The highest BCUT2D eigenvalue weighted by atomic mass is 32.2. The van der Waals surface area contributed by atoms with Gasteiger partial charge in [0, 0.05) is 6.61 Å². The maximum Gasteiger partial charge on any atom is 0.183 e. The molecule has 2 rings (SSSR count). The van der Waals surface area contributed by atoms with E-state index in [0.29, 0.717) is 24.5 Å². The van der Waals surface area contributed by atoms with E-state index in [-0.39, 0.29) is 5.25 Å². The van der Waals surface area contributed by atoms with Crippen molar-refractivity contribution in [2.45, 2.75) is 30.4 Å². The van der Waals surface area contributed by atoms with Crippen LogP contribution < -0.4 is 0 Å². The predicted molar refractivity (Wildman–Crippen MR) is 62.3 cm³/mol. The fourth-order valence-electron chi connectivity index (χ4n) is 1.84. The molecule has 0 spiro atoms. The van der Waals surface area contributed by atoms with Gasteiger partial charge in [-0.25, -0.2) is 8.42 Å². The van der Waals surface area contributed by atoms with Crippen molar-refractivity contribution in [3.8, 4) is 0 Å². The quantitative estimate of drug-likeness (QED) is 0.792. The number of rotatable bonds is 2. The van der Waals surface area contributed by atoms with Crippen LogP contribution in [0.5, 0.6) is 0 Å². The van der Waals surface area contributed by atoms with Crippen molar-refractivity contribution in [3.05, 3.63) is 29.3 Å². The second-order valence-corrected chi connectivity index (χ2v) is 6.50. The zero-order valence-electron chi connectivity index (χ0n) is 9.56. The first kappa shape index (κ1) is 11.6. The molecule has 1 aromatic carbocycles. The van der Waals surface area contributed by atoms with Gasteiger partial charge in [0.25, 0.3) is 0 Å². The molecule has 1 saturated heterocycles. The Bertz CT molecular complexity index is 485. The molecule has 0 unspecified atom stereocenters. The van der Waals surface area contributed by atoms with Crippen LogP contribution in [0.2, 0.25) is 0 Å². The van der Waals surface area contributed by atoms with Crippen molar-refractivity contribution >= 4 is 9.84 Å². The fourth-order valence-corrected chi connectivity index (χ4v) is 3.51. The van der Waals surface area contributed by atoms with E-state index in [4.69, 9.17) is 4.74 Å². The van der Waals surface area contributed by atoms with E-state index in [2.05, 4.69) is 0 Å². The van der Waals surface area contributed by atoms with E-state index in [1.165, 1.54) is 0 Å². The molecular formula is C12H16O3S. The Morgan fingerprint density at radius 1 is 1.25 bits per heavy atom. The number of hydrogen-bond donors (Lipinski definition) is 0. The van der Waals surface area contributed by atoms with Gasteiger partial charge in [0.2, 0.25) is 0 Å². The van der Waals surface area contributed by atoms with Gasteiger partial charge in [-0.2, -0.15) is 0 Å². The highest BCUT2D eigenvalue weighted by molar-refractivity contribution is 7.92. The third-order valence-corrected chi connectivity index (χ3v) is 5.29. The third-order valence-electron chi connectivity index (χ3n) is 3.13. The Labute approximate surface area is 96.4 Å². The molecule has 0 aliphatic carbocycles. The molecule has 3 nitrogen and oxygen atoms in total. The lowest BCUT2D eigenvalue weighted by Crippen LogP contribution is -2.21. The zero-order chi connectivity index (χ0) is 11.8. The van der Waals surface area contributed by atoms with Crippen molar-refractivity contribution in [2.75, 3.05) is 13.2 Å². The Kier molecular flexibility index (Phi) is 3.04. The van der Waals surface area contributed by atoms with E-state index in [1.807, 2.05) is 19.9 Å². The Balaban J connectivity index is 2.39. The summed E-state index contributed by atoms with van der Waals surface area (Å²) in [7, 11) is -3.20. The Morgan fingerprint density at radius 2 is 2.00 bits per heavy atom. The van der Waals surface area contributed by atoms with Gasteiger partial charge in [-0.05, 0) is 43.5 Å². The summed E-state index contributed by atoms with van der Waals surface area (Å²) >= 11 is 0. The topological polar surface area (TPSA) is 43.4 Å². The van der Waals surface area contributed by atoms with Crippen LogP contribution in [-0.2, 0) is 14.6 Å². The van der Waals surface area contributed by atoms with E-state index in [1.54, 1.807) is 12.1 Å². The number of benzene rings is 1. The molecule has 1 aliphatic rings. The molecule has 0 saturated carbocycles. The van der Waals surface area contributed by atoms with Gasteiger partial charge < -0.3 is 4.74 Å². The van der Waals surface area contributed by atoms with E-state index in [0.717, 1.165) is 11.1 Å². The van der Waals surface area contributed by atoms with Crippen LogP contribution in [0.4, 0.5) is 0 Å². The fraction of sp³-hybridized carbons (Fsp3) is 0.500. The molecule has 0 N–H and O–H groups in total. The first-order valence-corrected chi connectivity index (χ1v) is 6.95. The second-order valence-electron chi connectivity index (χ2n) is 4.28. The molecule has 1 aliphatic heterocycles. The standard InChI is InChI=1S/C12H16O3S/c1-9-3-4-11(7-10(9)2)16(13,14)12-5-6-15-8-12/h3-4,7,12H,5-6,8H2,1-2H3/t12-/m1/s1. The first-order chi connectivity index (χ1) is 7.51. The zero-order valence-corrected chi connectivity index (χ0v) is 10.4. The lowest BCUT2D eigenvalue weighted by molar-refractivity contribution is 0.198. The average Bonchev–Trinajstić information content (AvgIpc) is 2.75. The van der Waals surface area contributed by atoms with Crippen LogP contribution in [0.25, 0.3) is 0 Å². The summed E-state index contributed by atoms with van der Waals surface area (Å²) in [4.78, 5) is 0.422. The van der Waals surface area contributed by atoms with Crippen molar-refractivity contribution < 1.29 is 13.2 Å². The predicted octanol–water partition coefficient (Wildman–Crippen LogP) is 1.87. The van der Waals surface area contributed by atoms with Gasteiger partial charge in [0.15, 0.2) is 9.84 Å². The van der Waals surface area contributed by atoms with Crippen molar-refractivity contribution in [1.82, 2.24) is 0 Å². The Hall–Kier alpha value is -0.870. The number of ether oxygens (including phenoxy) is 1. The molecule has 1 aromatic rings. The van der Waals surface area contributed by atoms with Crippen LogP contribution >= 0.6 is 0 Å². The van der Waals surface area contributed by atoms with Gasteiger partial charge >= 0.3 is 0 Å². The lowest BCUT2D eigenvalue weighted by atomic mass is 10.1. The van der Waals surface area contributed by atoms with E-state index < -0.39 is 9.84 Å². The molecule has 1 fully saturated rings. The molecule has 0 aromatic heterocycles. The molecule has 4 heteroatoms. The van der Waals surface area contributed by atoms with Gasteiger partial charge in [0.1, 0.15) is 0 Å². The van der Waals surface area contributed by atoms with Crippen LogP contribution in [0.15, 0.2) is 23.1 Å². The van der Waals surface area contributed by atoms with Gasteiger partial charge in [-0.1, -0.05) is 6.07 Å². The van der Waals surface area contributed by atoms with E-state index in [9.17, 15) is 8.42 Å². The summed E-state index contributed by atoms with van der Waals surface area (Å²) in [6.45, 7) is 4.79. The van der Waals surface area contributed by atoms with Crippen LogP contribution in [0.3, 0.4) is 0 Å². The maximum absolute atomic E-state index is 12.2. The van der Waals surface area contributed by atoms with Crippen molar-refractivity contribution in [3.63, 3.8) is 0 Å². The number of hydrogen-bond acceptors (Lipinski definition) is 3. The molecule has 1 heterocycles. The highest BCUT2D eigenvalue weighted by Gasteiger charge is 2.31. The van der Waals surface area contributed by atoms with Crippen LogP contribution in [0.1, 0.15) is 17.5 Å². The normalized spacial score (nSPS) is 21.2. The van der Waals surface area contributed by atoms with Crippen molar-refractivity contribution in [2.24, 2.45) is 0 Å². The monoisotopic (exact) mass is 240 g/mol. The summed E-state index contributed by atoms with van der Waals surface area (Å²) < 4.78 is 29.6. The van der Waals surface area contributed by atoms with Crippen molar-refractivity contribution in [1.29, 1.82) is 0 Å². The minimum absolute atomic E-state index is 0.329. The highest BCUT2D eigenvalue weighted by Crippen LogP contribution is 2.23. The summed E-state index contributed by atoms with van der Waals surface area (Å²) in [5.74, 6) is 0. The Morgan fingerprint density at radius 3 is 2.56 bits per heavy atom. The summed E-state index contributed by atoms with van der Waals surface area (Å²) in [6.07, 6.45) is 0.606. The molecule has 1 atom stereocenters. The van der Waals surface area contributed by atoms with Crippen LogP contribution in [-0.4, -0.2) is 26.9 Å². The molecule has 0 amide bonds. The number of aryl methyl sites for hydroxylation is 2. The van der Waals surface area contributed by atoms with Gasteiger partial charge in [0.05, 0.1) is 16.8 Å². The number of sulfone groups is 1. The summed E-state index contributed by atoms with van der Waals surface area (Å²) in [6, 6.07) is 5.30. The van der Waals surface area contributed by atoms with Gasteiger partial charge in [-0.15, -0.1) is 0 Å². The molecular weight excluding hydrogens is 224 g/mol. The largest absolute Gasteiger partial charge is 0.380 e. The SMILES string of the molecule is Cc1ccc(S(=O)(=O)[C@@H]2CCOC2)cc1C. The van der Waals surface area contributed by atoms with E-state index >= 15 is 0 Å². The lowest BCUT2D eigenvalue weighted by Gasteiger charge is -2.11. The third kappa shape index (κ3) is 1.99. The first-order valence-electron chi connectivity index (χ1n) is 5.41. The molecule has 16 heavy (non-hydrogen) atoms. The minimum atomic E-state index is -3.20. The molecule has 88 valence electrons. The minimum Gasteiger partial charge on any atom is -0.380 e. The van der Waals surface area contributed by atoms with Crippen LogP contribution in [0, 0.1) is 13.8 Å². The second kappa shape index (κ2) is 4.18. The molecule has 0 bridgehead atoms. The summed E-state index contributed by atoms with van der Waals surface area (Å²) in [5.41, 5.74) is 2.13. The molecule has 0 radical (unpaired) electrons. The summed E-state index contributed by atoms with van der Waals surface area (Å²) in [5, 5.41) is -0.366. The smallest absolute Gasteiger partial charge is 0.183 e. The maximum atomic E-state index is 12.2. The average molecular weight is 240 g/mol.